The van der Waals surface area contributed by atoms with Gasteiger partial charge in [-0.25, -0.2) is 0 Å². The molecule has 0 amide bonds. The van der Waals surface area contributed by atoms with E-state index in [9.17, 15) is 4.79 Å². The molecule has 0 fully saturated rings. The zero-order valence-corrected chi connectivity index (χ0v) is 13.1. The van der Waals surface area contributed by atoms with Crippen molar-refractivity contribution in [2.45, 2.75) is 13.3 Å². The predicted octanol–water partition coefficient (Wildman–Crippen LogP) is 3.50. The Labute approximate surface area is 134 Å². The number of rotatable bonds is 1. The molecule has 112 valence electrons. The summed E-state index contributed by atoms with van der Waals surface area (Å²) in [5.41, 5.74) is 2.79. The molecular weight excluding hydrogens is 308 g/mol. The van der Waals surface area contributed by atoms with Crippen molar-refractivity contribution >= 4 is 48.3 Å². The minimum absolute atomic E-state index is 0.0652. The van der Waals surface area contributed by atoms with Crippen LogP contribution < -0.4 is 5.43 Å². The van der Waals surface area contributed by atoms with E-state index in [1.165, 1.54) is 11.3 Å². The Kier molecular flexibility index (Phi) is 2.44. The van der Waals surface area contributed by atoms with E-state index in [0.29, 0.717) is 5.39 Å². The van der Waals surface area contributed by atoms with Crippen LogP contribution in [0.15, 0.2) is 41.2 Å². The van der Waals surface area contributed by atoms with Gasteiger partial charge in [0.25, 0.3) is 0 Å². The van der Waals surface area contributed by atoms with Gasteiger partial charge in [0.2, 0.25) is 4.96 Å². The van der Waals surface area contributed by atoms with E-state index in [1.54, 1.807) is 0 Å². The highest BCUT2D eigenvalue weighted by Gasteiger charge is 2.16. The normalized spacial score (nSPS) is 12.0. The Balaban J connectivity index is 2.07. The monoisotopic (exact) mass is 320 g/mol. The molecule has 0 aliphatic heterocycles. The predicted molar refractivity (Wildman–Crippen MR) is 93.4 cm³/mol. The zero-order valence-electron chi connectivity index (χ0n) is 12.3. The minimum Gasteiger partial charge on any atom is -0.354 e. The number of benzene rings is 2. The molecule has 0 bridgehead atoms. The Morgan fingerprint density at radius 2 is 2.00 bits per heavy atom. The fraction of sp³-hybridized carbons (Fsp3) is 0.118. The number of para-hydroxylation sites is 1. The number of hydrogen-bond donors (Lipinski definition) is 1. The third-order valence-corrected chi connectivity index (χ3v) is 5.32. The number of nitrogens with one attached hydrogen (secondary N) is 1. The van der Waals surface area contributed by atoms with E-state index in [4.69, 9.17) is 0 Å². The quantitative estimate of drug-likeness (QED) is 0.481. The smallest absolute Gasteiger partial charge is 0.217 e. The van der Waals surface area contributed by atoms with Crippen molar-refractivity contribution in [3.63, 3.8) is 0 Å². The number of aromatic amines is 1. The SMILES string of the molecule is CCc1nnc2sc3c4c(=O)c5ccccc5[nH]c4ccc3n12. The van der Waals surface area contributed by atoms with Gasteiger partial charge in [0.05, 0.1) is 21.1 Å². The largest absolute Gasteiger partial charge is 0.354 e. The molecule has 0 aliphatic rings. The van der Waals surface area contributed by atoms with E-state index < -0.39 is 0 Å². The number of aromatic nitrogens is 4. The van der Waals surface area contributed by atoms with E-state index >= 15 is 0 Å². The summed E-state index contributed by atoms with van der Waals surface area (Å²) in [5, 5.41) is 9.91. The van der Waals surface area contributed by atoms with Gasteiger partial charge in [0, 0.05) is 17.3 Å². The molecule has 0 aliphatic carbocycles. The highest BCUT2D eigenvalue weighted by molar-refractivity contribution is 7.24. The van der Waals surface area contributed by atoms with Gasteiger partial charge in [-0.05, 0) is 24.3 Å². The van der Waals surface area contributed by atoms with Crippen molar-refractivity contribution < 1.29 is 0 Å². The summed E-state index contributed by atoms with van der Waals surface area (Å²) >= 11 is 1.52. The lowest BCUT2D eigenvalue weighted by molar-refractivity contribution is 0.923. The molecule has 5 aromatic rings. The van der Waals surface area contributed by atoms with Crippen LogP contribution in [0.2, 0.25) is 0 Å². The molecule has 0 saturated carbocycles. The maximum atomic E-state index is 13.0. The Morgan fingerprint density at radius 1 is 1.13 bits per heavy atom. The van der Waals surface area contributed by atoms with Crippen molar-refractivity contribution in [2.75, 3.05) is 0 Å². The van der Waals surface area contributed by atoms with Crippen molar-refractivity contribution in [3.8, 4) is 0 Å². The minimum atomic E-state index is 0.0652. The number of pyridine rings is 1. The van der Waals surface area contributed by atoms with Crippen LogP contribution >= 0.6 is 11.3 Å². The zero-order chi connectivity index (χ0) is 15.6. The summed E-state index contributed by atoms with van der Waals surface area (Å²) in [6.07, 6.45) is 0.805. The summed E-state index contributed by atoms with van der Waals surface area (Å²) in [5.74, 6) is 0.919. The van der Waals surface area contributed by atoms with Crippen LogP contribution in [0.5, 0.6) is 0 Å². The molecule has 1 N–H and O–H groups in total. The van der Waals surface area contributed by atoms with Gasteiger partial charge in [0.15, 0.2) is 5.43 Å². The highest BCUT2D eigenvalue weighted by Crippen LogP contribution is 2.31. The molecular formula is C17H12N4OS. The van der Waals surface area contributed by atoms with Gasteiger partial charge in [-0.1, -0.05) is 30.4 Å². The second-order valence-electron chi connectivity index (χ2n) is 5.53. The fourth-order valence-electron chi connectivity index (χ4n) is 3.18. The summed E-state index contributed by atoms with van der Waals surface area (Å²) in [6.45, 7) is 2.06. The van der Waals surface area contributed by atoms with Gasteiger partial charge >= 0.3 is 0 Å². The Morgan fingerprint density at radius 3 is 2.87 bits per heavy atom. The first kappa shape index (κ1) is 12.8. The lowest BCUT2D eigenvalue weighted by Crippen LogP contribution is -2.04. The molecule has 6 heteroatoms. The number of nitrogens with zero attached hydrogens (tertiary/aromatic N) is 3. The highest BCUT2D eigenvalue weighted by atomic mass is 32.1. The van der Waals surface area contributed by atoms with E-state index in [0.717, 1.165) is 43.8 Å². The molecule has 2 aromatic carbocycles. The summed E-state index contributed by atoms with van der Waals surface area (Å²) in [6, 6.07) is 11.6. The van der Waals surface area contributed by atoms with Crippen molar-refractivity contribution in [2.24, 2.45) is 0 Å². The molecule has 5 rings (SSSR count). The molecule has 3 aromatic heterocycles. The van der Waals surface area contributed by atoms with E-state index in [-0.39, 0.29) is 5.43 Å². The average Bonchev–Trinajstić information content (AvgIpc) is 3.13. The lowest BCUT2D eigenvalue weighted by atomic mass is 10.1. The maximum Gasteiger partial charge on any atom is 0.217 e. The molecule has 0 saturated heterocycles. The van der Waals surface area contributed by atoms with Crippen LogP contribution in [0.3, 0.4) is 0 Å². The van der Waals surface area contributed by atoms with Crippen molar-refractivity contribution in [1.29, 1.82) is 0 Å². The van der Waals surface area contributed by atoms with Crippen LogP contribution in [-0.4, -0.2) is 19.6 Å². The lowest BCUT2D eigenvalue weighted by Gasteiger charge is -2.03. The first-order valence-electron chi connectivity index (χ1n) is 7.48. The molecule has 5 nitrogen and oxygen atoms in total. The third-order valence-electron chi connectivity index (χ3n) is 4.26. The second kappa shape index (κ2) is 4.39. The van der Waals surface area contributed by atoms with E-state index in [1.807, 2.05) is 40.8 Å². The fourth-order valence-corrected chi connectivity index (χ4v) is 4.31. The third kappa shape index (κ3) is 1.58. The average molecular weight is 320 g/mol. The number of hydrogen-bond acceptors (Lipinski definition) is 4. The molecule has 3 heterocycles. The molecule has 23 heavy (non-hydrogen) atoms. The van der Waals surface area contributed by atoms with Crippen LogP contribution in [-0.2, 0) is 6.42 Å². The molecule has 0 unspecified atom stereocenters. The van der Waals surface area contributed by atoms with E-state index in [2.05, 4.69) is 22.1 Å². The molecule has 0 atom stereocenters. The standard InChI is InChI=1S/C17H12N4OS/c1-2-13-19-20-17-21(13)12-8-7-11-14(16(12)23-17)15(22)9-5-3-4-6-10(9)18-11/h3-8H,2H2,1H3,(H,18,22). The Hall–Kier alpha value is -2.73. The first-order valence-corrected chi connectivity index (χ1v) is 8.30. The van der Waals surface area contributed by atoms with Crippen molar-refractivity contribution in [3.05, 3.63) is 52.4 Å². The number of fused-ring (bicyclic) bond motifs is 6. The number of H-pyrrole nitrogens is 1. The maximum absolute atomic E-state index is 13.0. The van der Waals surface area contributed by atoms with Crippen LogP contribution in [0.1, 0.15) is 12.7 Å². The van der Waals surface area contributed by atoms with Gasteiger partial charge < -0.3 is 4.98 Å². The van der Waals surface area contributed by atoms with Gasteiger partial charge in [-0.2, -0.15) is 0 Å². The second-order valence-corrected chi connectivity index (χ2v) is 6.50. The Bertz CT molecular complexity index is 1280. The summed E-state index contributed by atoms with van der Waals surface area (Å²) in [7, 11) is 0. The van der Waals surface area contributed by atoms with Gasteiger partial charge in [-0.3, -0.25) is 9.20 Å². The molecule has 0 spiro atoms. The summed E-state index contributed by atoms with van der Waals surface area (Å²) in [4.78, 5) is 17.2. The van der Waals surface area contributed by atoms with Gasteiger partial charge in [0.1, 0.15) is 5.82 Å². The number of thiazole rings is 1. The van der Waals surface area contributed by atoms with Crippen molar-refractivity contribution in [1.82, 2.24) is 19.6 Å². The van der Waals surface area contributed by atoms with Gasteiger partial charge in [-0.15, -0.1) is 10.2 Å². The first-order chi connectivity index (χ1) is 11.3. The van der Waals surface area contributed by atoms with Crippen LogP contribution in [0.4, 0.5) is 0 Å². The van der Waals surface area contributed by atoms with Crippen LogP contribution in [0, 0.1) is 0 Å². The topological polar surface area (TPSA) is 63.0 Å². The number of aryl methyl sites for hydroxylation is 1. The van der Waals surface area contributed by atoms with Crippen LogP contribution in [0.25, 0.3) is 37.0 Å². The molecule has 0 radical (unpaired) electrons. The summed E-state index contributed by atoms with van der Waals surface area (Å²) < 4.78 is 3.02.